The summed E-state index contributed by atoms with van der Waals surface area (Å²) in [5.41, 5.74) is 2.15. The number of hydrogen-bond donors (Lipinski definition) is 2. The molecule has 0 fully saturated rings. The molecule has 0 atom stereocenters. The smallest absolute Gasteiger partial charge is 0.255 e. The van der Waals surface area contributed by atoms with Crippen LogP contribution in [0.3, 0.4) is 0 Å². The first kappa shape index (κ1) is 12.2. The number of aromatic nitrogens is 1. The van der Waals surface area contributed by atoms with Gasteiger partial charge in [-0.3, -0.25) is 9.78 Å². The van der Waals surface area contributed by atoms with Crippen molar-refractivity contribution in [2.45, 2.75) is 13.5 Å². The molecule has 1 amide bonds. The van der Waals surface area contributed by atoms with E-state index in [0.29, 0.717) is 12.1 Å². The van der Waals surface area contributed by atoms with Crippen molar-refractivity contribution in [3.63, 3.8) is 0 Å². The average Bonchev–Trinajstić information content (AvgIpc) is 2.88. The lowest BCUT2D eigenvalue weighted by atomic mass is 10.2. The van der Waals surface area contributed by atoms with Crippen molar-refractivity contribution >= 4 is 11.6 Å². The van der Waals surface area contributed by atoms with Crippen LogP contribution in [0.4, 0.5) is 5.69 Å². The van der Waals surface area contributed by atoms with Crippen LogP contribution >= 0.6 is 0 Å². The molecule has 0 saturated heterocycles. The Hall–Kier alpha value is -2.30. The lowest BCUT2D eigenvalue weighted by molar-refractivity contribution is 0.0948. The molecule has 5 heteroatoms. The van der Waals surface area contributed by atoms with Crippen LogP contribution in [-0.4, -0.2) is 17.9 Å². The summed E-state index contributed by atoms with van der Waals surface area (Å²) in [6, 6.07) is 5.43. The predicted molar refractivity (Wildman–Crippen MR) is 68.4 cm³/mol. The Morgan fingerprint density at radius 1 is 1.50 bits per heavy atom. The molecule has 0 aromatic carbocycles. The van der Waals surface area contributed by atoms with Crippen LogP contribution in [0.1, 0.15) is 21.8 Å². The molecule has 2 heterocycles. The van der Waals surface area contributed by atoms with Gasteiger partial charge in [0.15, 0.2) is 0 Å². The Labute approximate surface area is 105 Å². The predicted octanol–water partition coefficient (Wildman–Crippen LogP) is 1.95. The first-order valence-electron chi connectivity index (χ1n) is 5.65. The number of pyridine rings is 1. The second-order valence-electron chi connectivity index (χ2n) is 3.88. The van der Waals surface area contributed by atoms with Crippen LogP contribution < -0.4 is 10.6 Å². The molecule has 0 bridgehead atoms. The highest BCUT2D eigenvalue weighted by molar-refractivity contribution is 5.99. The maximum absolute atomic E-state index is 12.0. The Morgan fingerprint density at radius 3 is 3.00 bits per heavy atom. The first-order valence-corrected chi connectivity index (χ1v) is 5.65. The third kappa shape index (κ3) is 2.68. The van der Waals surface area contributed by atoms with Crippen molar-refractivity contribution in [1.29, 1.82) is 0 Å². The van der Waals surface area contributed by atoms with Gasteiger partial charge in [0.25, 0.3) is 5.91 Å². The van der Waals surface area contributed by atoms with Crippen LogP contribution in [0, 0.1) is 6.92 Å². The quantitative estimate of drug-likeness (QED) is 0.864. The molecule has 5 nitrogen and oxygen atoms in total. The number of nitrogens with zero attached hydrogens (tertiary/aromatic N) is 1. The monoisotopic (exact) mass is 245 g/mol. The maximum Gasteiger partial charge on any atom is 0.255 e. The molecule has 0 spiro atoms. The Bertz CT molecular complexity index is 535. The molecule has 2 aromatic heterocycles. The summed E-state index contributed by atoms with van der Waals surface area (Å²) in [4.78, 5) is 16.1. The number of rotatable bonds is 4. The average molecular weight is 245 g/mol. The molecule has 0 aliphatic heterocycles. The largest absolute Gasteiger partial charge is 0.467 e. The van der Waals surface area contributed by atoms with E-state index in [9.17, 15) is 4.79 Å². The van der Waals surface area contributed by atoms with Gasteiger partial charge in [0, 0.05) is 18.9 Å². The van der Waals surface area contributed by atoms with Crippen LogP contribution in [-0.2, 0) is 6.54 Å². The first-order chi connectivity index (χ1) is 8.70. The molecule has 0 saturated carbocycles. The number of carbonyl (C=O) groups is 1. The zero-order chi connectivity index (χ0) is 13.0. The van der Waals surface area contributed by atoms with Gasteiger partial charge in [-0.1, -0.05) is 0 Å². The highest BCUT2D eigenvalue weighted by atomic mass is 16.3. The summed E-state index contributed by atoms with van der Waals surface area (Å²) in [6.45, 7) is 2.24. The minimum absolute atomic E-state index is 0.178. The lowest BCUT2D eigenvalue weighted by Crippen LogP contribution is -2.23. The normalized spacial score (nSPS) is 10.1. The van der Waals surface area contributed by atoms with Gasteiger partial charge in [-0.15, -0.1) is 0 Å². The summed E-state index contributed by atoms with van der Waals surface area (Å²) in [5, 5.41) is 5.77. The van der Waals surface area contributed by atoms with E-state index in [0.717, 1.165) is 17.1 Å². The number of aryl methyl sites for hydroxylation is 1. The Kier molecular flexibility index (Phi) is 3.62. The molecular formula is C13H15N3O2. The minimum atomic E-state index is -0.178. The van der Waals surface area contributed by atoms with Gasteiger partial charge in [0.05, 0.1) is 24.1 Å². The minimum Gasteiger partial charge on any atom is -0.467 e. The van der Waals surface area contributed by atoms with Crippen molar-refractivity contribution in [2.75, 3.05) is 12.4 Å². The highest BCUT2D eigenvalue weighted by Crippen LogP contribution is 2.15. The topological polar surface area (TPSA) is 67.2 Å². The van der Waals surface area contributed by atoms with Crippen LogP contribution in [0.5, 0.6) is 0 Å². The summed E-state index contributed by atoms with van der Waals surface area (Å²) in [7, 11) is 1.78. The van der Waals surface area contributed by atoms with Crippen LogP contribution in [0.15, 0.2) is 35.1 Å². The SMILES string of the molecule is CNc1cc(C)ncc1C(=O)NCc1ccco1. The fourth-order valence-corrected chi connectivity index (χ4v) is 1.62. The third-order valence-corrected chi connectivity index (χ3v) is 2.56. The summed E-state index contributed by atoms with van der Waals surface area (Å²) < 4.78 is 5.15. The standard InChI is InChI=1S/C13H15N3O2/c1-9-6-12(14-2)11(8-15-9)13(17)16-7-10-4-3-5-18-10/h3-6,8H,7H2,1-2H3,(H,14,15)(H,16,17). The fraction of sp³-hybridized carbons (Fsp3) is 0.231. The van der Waals surface area contributed by atoms with E-state index in [1.165, 1.54) is 0 Å². The second kappa shape index (κ2) is 5.35. The molecule has 0 aliphatic rings. The van der Waals surface area contributed by atoms with Crippen molar-refractivity contribution in [2.24, 2.45) is 0 Å². The van der Waals surface area contributed by atoms with E-state index in [-0.39, 0.29) is 5.91 Å². The molecule has 2 rings (SSSR count). The van der Waals surface area contributed by atoms with Gasteiger partial charge in [-0.2, -0.15) is 0 Å². The van der Waals surface area contributed by atoms with E-state index < -0.39 is 0 Å². The zero-order valence-corrected chi connectivity index (χ0v) is 10.4. The van der Waals surface area contributed by atoms with E-state index in [2.05, 4.69) is 15.6 Å². The summed E-state index contributed by atoms with van der Waals surface area (Å²) in [6.07, 6.45) is 3.15. The summed E-state index contributed by atoms with van der Waals surface area (Å²) >= 11 is 0. The number of carbonyl (C=O) groups excluding carboxylic acids is 1. The van der Waals surface area contributed by atoms with Gasteiger partial charge in [-0.05, 0) is 25.1 Å². The van der Waals surface area contributed by atoms with Crippen LogP contribution in [0.25, 0.3) is 0 Å². The maximum atomic E-state index is 12.0. The van der Waals surface area contributed by atoms with Crippen molar-refractivity contribution in [3.05, 3.63) is 47.7 Å². The van der Waals surface area contributed by atoms with Crippen LogP contribution in [0.2, 0.25) is 0 Å². The van der Waals surface area contributed by atoms with E-state index in [4.69, 9.17) is 4.42 Å². The number of amides is 1. The number of anilines is 1. The molecule has 0 aliphatic carbocycles. The van der Waals surface area contributed by atoms with Crippen molar-refractivity contribution in [1.82, 2.24) is 10.3 Å². The van der Waals surface area contributed by atoms with Gasteiger partial charge >= 0.3 is 0 Å². The van der Waals surface area contributed by atoms with Crippen molar-refractivity contribution in [3.8, 4) is 0 Å². The molecule has 0 radical (unpaired) electrons. The second-order valence-corrected chi connectivity index (χ2v) is 3.88. The molecule has 18 heavy (non-hydrogen) atoms. The summed E-state index contributed by atoms with van der Waals surface area (Å²) in [5.74, 6) is 0.540. The highest BCUT2D eigenvalue weighted by Gasteiger charge is 2.11. The van der Waals surface area contributed by atoms with E-state index in [1.807, 2.05) is 19.1 Å². The van der Waals surface area contributed by atoms with Gasteiger partial charge < -0.3 is 15.1 Å². The van der Waals surface area contributed by atoms with Gasteiger partial charge in [0.1, 0.15) is 5.76 Å². The molecule has 0 unspecified atom stereocenters. The molecule has 94 valence electrons. The Balaban J connectivity index is 2.09. The van der Waals surface area contributed by atoms with Crippen molar-refractivity contribution < 1.29 is 9.21 Å². The number of hydrogen-bond acceptors (Lipinski definition) is 4. The Morgan fingerprint density at radius 2 is 2.33 bits per heavy atom. The molecular weight excluding hydrogens is 230 g/mol. The van der Waals surface area contributed by atoms with E-state index >= 15 is 0 Å². The van der Waals surface area contributed by atoms with E-state index in [1.54, 1.807) is 25.6 Å². The zero-order valence-electron chi connectivity index (χ0n) is 10.4. The lowest BCUT2D eigenvalue weighted by Gasteiger charge is -2.09. The third-order valence-electron chi connectivity index (χ3n) is 2.56. The molecule has 2 aromatic rings. The molecule has 2 N–H and O–H groups in total. The van der Waals surface area contributed by atoms with Gasteiger partial charge in [-0.25, -0.2) is 0 Å². The van der Waals surface area contributed by atoms with Gasteiger partial charge in [0.2, 0.25) is 0 Å². The number of furan rings is 1. The fourth-order valence-electron chi connectivity index (χ4n) is 1.62. The number of nitrogens with one attached hydrogen (secondary N) is 2.